The van der Waals surface area contributed by atoms with E-state index in [0.717, 1.165) is 46.3 Å². The average molecular weight is 529 g/mol. The molecule has 3 aromatic rings. The number of para-hydroxylation sites is 1. The van der Waals surface area contributed by atoms with E-state index in [1.54, 1.807) is 11.9 Å². The maximum Gasteiger partial charge on any atom is 0.249 e. The molecule has 0 saturated carbocycles. The van der Waals surface area contributed by atoms with E-state index in [1.807, 2.05) is 67.6 Å². The summed E-state index contributed by atoms with van der Waals surface area (Å²) in [6.45, 7) is 3.95. The van der Waals surface area contributed by atoms with Gasteiger partial charge in [0, 0.05) is 29.1 Å². The molecule has 7 heteroatoms. The van der Waals surface area contributed by atoms with E-state index in [4.69, 9.17) is 4.98 Å². The number of alkyl halides is 1. The number of hydrogen-bond acceptors (Lipinski definition) is 5. The first-order chi connectivity index (χ1) is 15.1. The molecule has 0 spiro atoms. The van der Waals surface area contributed by atoms with E-state index in [0.29, 0.717) is 17.9 Å². The van der Waals surface area contributed by atoms with Crippen molar-refractivity contribution in [2.75, 3.05) is 30.0 Å². The Bertz CT molecular complexity index is 1040. The number of carbonyl (C=O) groups is 1. The highest BCUT2D eigenvalue weighted by Gasteiger charge is 2.15. The number of carbonyl (C=O) groups excluding carboxylic acids is 1. The summed E-state index contributed by atoms with van der Waals surface area (Å²) >= 11 is 2.30. The molecule has 0 bridgehead atoms. The van der Waals surface area contributed by atoms with Gasteiger partial charge in [0.25, 0.3) is 0 Å². The monoisotopic (exact) mass is 529 g/mol. The normalized spacial score (nSPS) is 11.5. The number of aromatic nitrogens is 2. The first kappa shape index (κ1) is 23.1. The van der Waals surface area contributed by atoms with Gasteiger partial charge in [0.1, 0.15) is 5.82 Å². The van der Waals surface area contributed by atoms with Crippen molar-refractivity contribution >= 4 is 51.3 Å². The van der Waals surface area contributed by atoms with Crippen molar-refractivity contribution in [3.63, 3.8) is 0 Å². The molecule has 0 atom stereocenters. The number of rotatable bonds is 10. The van der Waals surface area contributed by atoms with Gasteiger partial charge in [0.15, 0.2) is 5.82 Å². The number of fused-ring (bicyclic) bond motifs is 1. The summed E-state index contributed by atoms with van der Waals surface area (Å²) in [6, 6.07) is 17.8. The van der Waals surface area contributed by atoms with Crippen LogP contribution in [0.3, 0.4) is 0 Å². The summed E-state index contributed by atoms with van der Waals surface area (Å²) in [4.78, 5) is 23.9. The van der Waals surface area contributed by atoms with Crippen LogP contribution >= 0.6 is 22.6 Å². The third-order valence-electron chi connectivity index (χ3n) is 4.81. The molecular formula is C24H28IN5O. The molecule has 31 heavy (non-hydrogen) atoms. The fourth-order valence-electron chi connectivity index (χ4n) is 3.26. The van der Waals surface area contributed by atoms with Gasteiger partial charge in [-0.2, -0.15) is 0 Å². The minimum Gasteiger partial charge on any atom is -0.369 e. The Morgan fingerprint density at radius 3 is 2.58 bits per heavy atom. The van der Waals surface area contributed by atoms with Gasteiger partial charge in [-0.3, -0.25) is 4.79 Å². The van der Waals surface area contributed by atoms with Crippen molar-refractivity contribution in [3.8, 4) is 0 Å². The summed E-state index contributed by atoms with van der Waals surface area (Å²) in [7, 11) is 1.78. The van der Waals surface area contributed by atoms with Gasteiger partial charge < -0.3 is 15.5 Å². The minimum atomic E-state index is -0.0417. The van der Waals surface area contributed by atoms with E-state index in [2.05, 4.69) is 38.2 Å². The van der Waals surface area contributed by atoms with Gasteiger partial charge in [-0.15, -0.1) is 0 Å². The van der Waals surface area contributed by atoms with Gasteiger partial charge in [-0.05, 0) is 43.7 Å². The molecule has 1 aromatic heterocycles. The van der Waals surface area contributed by atoms with Crippen LogP contribution in [0.25, 0.3) is 17.0 Å². The smallest absolute Gasteiger partial charge is 0.249 e. The summed E-state index contributed by atoms with van der Waals surface area (Å²) in [5, 5.41) is 7.74. The molecule has 6 nitrogen and oxygen atoms in total. The van der Waals surface area contributed by atoms with Crippen LogP contribution in [0.2, 0.25) is 0 Å². The fraction of sp³-hybridized carbons (Fsp3) is 0.292. The van der Waals surface area contributed by atoms with Crippen molar-refractivity contribution in [2.24, 2.45) is 0 Å². The summed E-state index contributed by atoms with van der Waals surface area (Å²) in [5.41, 5.74) is 2.56. The Balaban J connectivity index is 1.74. The largest absolute Gasteiger partial charge is 0.369 e. The predicted octanol–water partition coefficient (Wildman–Crippen LogP) is 4.48. The minimum absolute atomic E-state index is 0.0417. The molecule has 2 N–H and O–H groups in total. The zero-order chi connectivity index (χ0) is 22.1. The maximum absolute atomic E-state index is 12.9. The lowest BCUT2D eigenvalue weighted by Gasteiger charge is -2.18. The third-order valence-corrected chi connectivity index (χ3v) is 5.35. The quantitative estimate of drug-likeness (QED) is 0.133. The average Bonchev–Trinajstić information content (AvgIpc) is 2.79. The SMILES string of the molecule is C/C(=C\c1ccccc1)C(=O)N(C)Cc1nc(NCCCNCI)c2ccccc2n1. The topological polar surface area (TPSA) is 70.2 Å². The number of amides is 1. The van der Waals surface area contributed by atoms with Gasteiger partial charge in [-0.25, -0.2) is 9.97 Å². The van der Waals surface area contributed by atoms with E-state index in [9.17, 15) is 4.79 Å². The maximum atomic E-state index is 12.9. The highest BCUT2D eigenvalue weighted by atomic mass is 127. The highest BCUT2D eigenvalue weighted by Crippen LogP contribution is 2.21. The zero-order valence-corrected chi connectivity index (χ0v) is 20.1. The Kier molecular flexibility index (Phi) is 8.78. The second kappa shape index (κ2) is 11.8. The van der Waals surface area contributed by atoms with Crippen LogP contribution in [-0.4, -0.2) is 45.5 Å². The van der Waals surface area contributed by atoms with E-state index in [1.165, 1.54) is 0 Å². The summed E-state index contributed by atoms with van der Waals surface area (Å²) < 4.78 is 0.941. The van der Waals surface area contributed by atoms with Gasteiger partial charge in [0.05, 0.1) is 12.1 Å². The Hall–Kier alpha value is -2.52. The van der Waals surface area contributed by atoms with Crippen molar-refractivity contribution in [1.29, 1.82) is 0 Å². The van der Waals surface area contributed by atoms with Crippen molar-refractivity contribution in [3.05, 3.63) is 71.6 Å². The van der Waals surface area contributed by atoms with Gasteiger partial charge in [-0.1, -0.05) is 65.1 Å². The molecule has 162 valence electrons. The summed E-state index contributed by atoms with van der Waals surface area (Å²) in [6.07, 6.45) is 2.90. The second-order valence-corrected chi connectivity index (χ2v) is 8.08. The van der Waals surface area contributed by atoms with Crippen LogP contribution in [0, 0.1) is 0 Å². The van der Waals surface area contributed by atoms with E-state index >= 15 is 0 Å². The first-order valence-corrected chi connectivity index (χ1v) is 11.9. The molecular weight excluding hydrogens is 501 g/mol. The van der Waals surface area contributed by atoms with Gasteiger partial charge in [0.2, 0.25) is 5.91 Å². The molecule has 0 radical (unpaired) electrons. The highest BCUT2D eigenvalue weighted by molar-refractivity contribution is 14.1. The number of likely N-dealkylation sites (N-methyl/N-ethyl adjacent to an activating group) is 1. The van der Waals surface area contributed by atoms with E-state index in [-0.39, 0.29) is 5.91 Å². The molecule has 1 amide bonds. The van der Waals surface area contributed by atoms with Crippen molar-refractivity contribution in [2.45, 2.75) is 19.9 Å². The number of halogens is 1. The standard InChI is InChI=1S/C24H28IN5O/c1-18(15-19-9-4-3-5-10-19)24(31)30(2)16-22-28-21-12-7-6-11-20(21)23(29-22)27-14-8-13-26-17-25/h3-7,9-12,15,26H,8,13-14,16-17H2,1-2H3,(H,27,28,29)/b18-15+. The molecule has 0 saturated heterocycles. The number of nitrogens with one attached hydrogen (secondary N) is 2. The molecule has 0 fully saturated rings. The van der Waals surface area contributed by atoms with Crippen LogP contribution in [0.4, 0.5) is 5.82 Å². The molecule has 0 aliphatic heterocycles. The first-order valence-electron chi connectivity index (χ1n) is 10.3. The van der Waals surface area contributed by atoms with Gasteiger partial charge >= 0.3 is 0 Å². The molecule has 0 unspecified atom stereocenters. The van der Waals surface area contributed by atoms with Crippen LogP contribution in [0.15, 0.2) is 60.2 Å². The van der Waals surface area contributed by atoms with Crippen molar-refractivity contribution < 1.29 is 4.79 Å². The molecule has 0 aliphatic carbocycles. The van der Waals surface area contributed by atoms with E-state index < -0.39 is 0 Å². The molecule has 3 rings (SSSR count). The Morgan fingerprint density at radius 1 is 1.06 bits per heavy atom. The van der Waals surface area contributed by atoms with Crippen LogP contribution in [0.5, 0.6) is 0 Å². The number of benzene rings is 2. The number of nitrogens with zero attached hydrogens (tertiary/aromatic N) is 3. The van der Waals surface area contributed by atoms with Crippen LogP contribution in [0.1, 0.15) is 24.7 Å². The Morgan fingerprint density at radius 2 is 1.81 bits per heavy atom. The fourth-order valence-corrected chi connectivity index (χ4v) is 3.64. The van der Waals surface area contributed by atoms with Crippen molar-refractivity contribution in [1.82, 2.24) is 20.2 Å². The lowest BCUT2D eigenvalue weighted by Crippen LogP contribution is -2.28. The third kappa shape index (κ3) is 6.73. The number of hydrogen-bond donors (Lipinski definition) is 2. The lowest BCUT2D eigenvalue weighted by atomic mass is 10.1. The molecule has 2 aromatic carbocycles. The summed E-state index contributed by atoms with van der Waals surface area (Å²) in [5.74, 6) is 1.39. The second-order valence-electron chi connectivity index (χ2n) is 7.32. The lowest BCUT2D eigenvalue weighted by molar-refractivity contribution is -0.126. The molecule has 1 heterocycles. The molecule has 0 aliphatic rings. The number of anilines is 1. The van der Waals surface area contributed by atoms with Crippen LogP contribution < -0.4 is 10.6 Å². The zero-order valence-electron chi connectivity index (χ0n) is 17.9. The predicted molar refractivity (Wildman–Crippen MR) is 136 cm³/mol. The Labute approximate surface area is 197 Å². The van der Waals surface area contributed by atoms with Crippen LogP contribution in [-0.2, 0) is 11.3 Å².